The van der Waals surface area contributed by atoms with E-state index in [1.54, 1.807) is 12.1 Å². The highest BCUT2D eigenvalue weighted by molar-refractivity contribution is 6.33. The van der Waals surface area contributed by atoms with Gasteiger partial charge in [-0.2, -0.15) is 0 Å². The van der Waals surface area contributed by atoms with Gasteiger partial charge in [-0.25, -0.2) is 0 Å². The SMILES string of the molecule is CCCOc1ccccc1Oc1cc(Cl)c(N)cc1C. The highest BCUT2D eigenvalue weighted by atomic mass is 35.5. The van der Waals surface area contributed by atoms with E-state index in [9.17, 15) is 0 Å². The van der Waals surface area contributed by atoms with Gasteiger partial charge in [-0.1, -0.05) is 30.7 Å². The summed E-state index contributed by atoms with van der Waals surface area (Å²) in [6, 6.07) is 11.1. The van der Waals surface area contributed by atoms with E-state index < -0.39 is 0 Å². The van der Waals surface area contributed by atoms with Crippen LogP contribution in [-0.4, -0.2) is 6.61 Å². The molecular formula is C16H18ClNO2. The van der Waals surface area contributed by atoms with Gasteiger partial charge in [0.1, 0.15) is 5.75 Å². The average molecular weight is 292 g/mol. The Morgan fingerprint density at radius 3 is 2.50 bits per heavy atom. The monoisotopic (exact) mass is 291 g/mol. The first-order chi connectivity index (χ1) is 9.61. The molecule has 20 heavy (non-hydrogen) atoms. The van der Waals surface area contributed by atoms with Crippen molar-refractivity contribution in [3.63, 3.8) is 0 Å². The van der Waals surface area contributed by atoms with E-state index >= 15 is 0 Å². The van der Waals surface area contributed by atoms with Gasteiger partial charge < -0.3 is 15.2 Å². The Labute approximate surface area is 124 Å². The largest absolute Gasteiger partial charge is 0.490 e. The van der Waals surface area contributed by atoms with Crippen molar-refractivity contribution in [1.82, 2.24) is 0 Å². The van der Waals surface area contributed by atoms with E-state index in [0.29, 0.717) is 28.8 Å². The fourth-order valence-corrected chi connectivity index (χ4v) is 1.93. The zero-order valence-corrected chi connectivity index (χ0v) is 12.4. The fourth-order valence-electron chi connectivity index (χ4n) is 1.78. The summed E-state index contributed by atoms with van der Waals surface area (Å²) in [5.41, 5.74) is 7.24. The molecular weight excluding hydrogens is 274 g/mol. The van der Waals surface area contributed by atoms with Crippen LogP contribution < -0.4 is 15.2 Å². The lowest BCUT2D eigenvalue weighted by atomic mass is 10.2. The van der Waals surface area contributed by atoms with Crippen LogP contribution in [0.15, 0.2) is 36.4 Å². The second kappa shape index (κ2) is 6.53. The summed E-state index contributed by atoms with van der Waals surface area (Å²) < 4.78 is 11.6. The maximum Gasteiger partial charge on any atom is 0.169 e. The lowest BCUT2D eigenvalue weighted by molar-refractivity contribution is 0.302. The van der Waals surface area contributed by atoms with Gasteiger partial charge in [-0.05, 0) is 37.1 Å². The van der Waals surface area contributed by atoms with E-state index in [1.807, 2.05) is 31.2 Å². The zero-order chi connectivity index (χ0) is 14.5. The normalized spacial score (nSPS) is 10.3. The van der Waals surface area contributed by atoms with Gasteiger partial charge in [0.15, 0.2) is 11.5 Å². The van der Waals surface area contributed by atoms with Crippen molar-refractivity contribution in [3.8, 4) is 17.2 Å². The fraction of sp³-hybridized carbons (Fsp3) is 0.250. The van der Waals surface area contributed by atoms with Crippen molar-refractivity contribution in [1.29, 1.82) is 0 Å². The van der Waals surface area contributed by atoms with Gasteiger partial charge >= 0.3 is 0 Å². The molecule has 0 aliphatic carbocycles. The van der Waals surface area contributed by atoms with Crippen LogP contribution in [0.4, 0.5) is 5.69 Å². The predicted molar refractivity (Wildman–Crippen MR) is 82.9 cm³/mol. The summed E-state index contributed by atoms with van der Waals surface area (Å²) in [5.74, 6) is 2.07. The first-order valence-corrected chi connectivity index (χ1v) is 6.95. The lowest BCUT2D eigenvalue weighted by Crippen LogP contribution is -1.98. The first-order valence-electron chi connectivity index (χ1n) is 6.57. The summed E-state index contributed by atoms with van der Waals surface area (Å²) in [7, 11) is 0. The van der Waals surface area contributed by atoms with Gasteiger partial charge in [0.2, 0.25) is 0 Å². The van der Waals surface area contributed by atoms with E-state index in [4.69, 9.17) is 26.8 Å². The number of hydrogen-bond acceptors (Lipinski definition) is 3. The second-order valence-electron chi connectivity index (χ2n) is 4.54. The number of nitrogen functional groups attached to an aromatic ring is 1. The molecule has 2 rings (SSSR count). The molecule has 2 N–H and O–H groups in total. The van der Waals surface area contributed by atoms with E-state index in [1.165, 1.54) is 0 Å². The minimum atomic E-state index is 0.484. The van der Waals surface area contributed by atoms with E-state index in [-0.39, 0.29) is 0 Å². The Bertz CT molecular complexity index is 599. The van der Waals surface area contributed by atoms with Crippen LogP contribution in [0.3, 0.4) is 0 Å². The molecule has 0 unspecified atom stereocenters. The van der Waals surface area contributed by atoms with Crippen LogP contribution in [0.25, 0.3) is 0 Å². The Hall–Kier alpha value is -1.87. The van der Waals surface area contributed by atoms with Gasteiger partial charge in [-0.15, -0.1) is 0 Å². The maximum absolute atomic E-state index is 6.04. The molecule has 0 aromatic heterocycles. The molecule has 0 heterocycles. The van der Waals surface area contributed by atoms with Gasteiger partial charge in [0.05, 0.1) is 17.3 Å². The second-order valence-corrected chi connectivity index (χ2v) is 4.94. The van der Waals surface area contributed by atoms with Crippen LogP contribution in [0.2, 0.25) is 5.02 Å². The van der Waals surface area contributed by atoms with Crippen molar-refractivity contribution in [2.45, 2.75) is 20.3 Å². The molecule has 0 saturated heterocycles. The molecule has 2 aromatic carbocycles. The third-order valence-corrected chi connectivity index (χ3v) is 3.15. The summed E-state index contributed by atoms with van der Waals surface area (Å²) >= 11 is 6.04. The molecule has 4 heteroatoms. The number of anilines is 1. The van der Waals surface area contributed by atoms with Crippen LogP contribution in [-0.2, 0) is 0 Å². The van der Waals surface area contributed by atoms with Crippen LogP contribution >= 0.6 is 11.6 Å². The van der Waals surface area contributed by atoms with Crippen molar-refractivity contribution < 1.29 is 9.47 Å². The topological polar surface area (TPSA) is 44.5 Å². The molecule has 3 nitrogen and oxygen atoms in total. The molecule has 106 valence electrons. The van der Waals surface area contributed by atoms with Crippen LogP contribution in [0.1, 0.15) is 18.9 Å². The standard InChI is InChI=1S/C16H18ClNO2/c1-3-8-19-14-6-4-5-7-15(14)20-16-10-12(17)13(18)9-11(16)2/h4-7,9-10H,3,8,18H2,1-2H3. The zero-order valence-electron chi connectivity index (χ0n) is 11.7. The average Bonchev–Trinajstić information content (AvgIpc) is 2.44. The highest BCUT2D eigenvalue weighted by Gasteiger charge is 2.09. The Morgan fingerprint density at radius 1 is 1.10 bits per heavy atom. The van der Waals surface area contributed by atoms with E-state index in [0.717, 1.165) is 17.7 Å². The van der Waals surface area contributed by atoms with Crippen molar-refractivity contribution in [2.24, 2.45) is 0 Å². The maximum atomic E-state index is 6.04. The number of para-hydroxylation sites is 2. The predicted octanol–water partition coefficient (Wildman–Crippen LogP) is 4.81. The Balaban J connectivity index is 2.28. The number of benzene rings is 2. The molecule has 0 atom stereocenters. The Morgan fingerprint density at radius 2 is 1.80 bits per heavy atom. The number of nitrogens with two attached hydrogens (primary N) is 1. The summed E-state index contributed by atoms with van der Waals surface area (Å²) in [5, 5.41) is 0.484. The third-order valence-electron chi connectivity index (χ3n) is 2.83. The lowest BCUT2D eigenvalue weighted by Gasteiger charge is -2.14. The van der Waals surface area contributed by atoms with Crippen LogP contribution in [0, 0.1) is 6.92 Å². The molecule has 0 aliphatic heterocycles. The molecule has 0 spiro atoms. The summed E-state index contributed by atoms with van der Waals surface area (Å²) in [6.45, 7) is 4.65. The first kappa shape index (κ1) is 14.5. The molecule has 0 aliphatic rings. The van der Waals surface area contributed by atoms with Gasteiger partial charge in [0, 0.05) is 6.07 Å². The number of aryl methyl sites for hydroxylation is 1. The number of halogens is 1. The van der Waals surface area contributed by atoms with Crippen LogP contribution in [0.5, 0.6) is 17.2 Å². The molecule has 0 saturated carbocycles. The minimum absolute atomic E-state index is 0.484. The number of hydrogen-bond donors (Lipinski definition) is 1. The summed E-state index contributed by atoms with van der Waals surface area (Å²) in [4.78, 5) is 0. The smallest absolute Gasteiger partial charge is 0.169 e. The minimum Gasteiger partial charge on any atom is -0.490 e. The quantitative estimate of drug-likeness (QED) is 0.804. The van der Waals surface area contributed by atoms with E-state index in [2.05, 4.69) is 6.92 Å². The number of rotatable bonds is 5. The number of ether oxygens (including phenoxy) is 2. The molecule has 0 fully saturated rings. The van der Waals surface area contributed by atoms with Crippen molar-refractivity contribution in [3.05, 3.63) is 47.0 Å². The Kier molecular flexibility index (Phi) is 4.74. The molecule has 0 amide bonds. The van der Waals surface area contributed by atoms with Gasteiger partial charge in [0.25, 0.3) is 0 Å². The summed E-state index contributed by atoms with van der Waals surface area (Å²) in [6.07, 6.45) is 0.945. The third kappa shape index (κ3) is 3.36. The molecule has 0 radical (unpaired) electrons. The molecule has 2 aromatic rings. The van der Waals surface area contributed by atoms with Gasteiger partial charge in [-0.3, -0.25) is 0 Å². The highest BCUT2D eigenvalue weighted by Crippen LogP contribution is 2.35. The van der Waals surface area contributed by atoms with Crippen molar-refractivity contribution >= 4 is 17.3 Å². The molecule has 0 bridgehead atoms. The van der Waals surface area contributed by atoms with Crippen molar-refractivity contribution in [2.75, 3.05) is 12.3 Å².